The van der Waals surface area contributed by atoms with Crippen molar-refractivity contribution in [2.75, 3.05) is 5.32 Å². The molecule has 181 valence electrons. The van der Waals surface area contributed by atoms with E-state index in [0.717, 1.165) is 22.5 Å². The van der Waals surface area contributed by atoms with E-state index in [0.29, 0.717) is 28.0 Å². The number of rotatable bonds is 5. The summed E-state index contributed by atoms with van der Waals surface area (Å²) < 4.78 is 8.08. The van der Waals surface area contributed by atoms with Gasteiger partial charge in [0.1, 0.15) is 16.4 Å². The van der Waals surface area contributed by atoms with Gasteiger partial charge in [0.05, 0.1) is 28.5 Å². The maximum Gasteiger partial charge on any atom is 0.196 e. The van der Waals surface area contributed by atoms with E-state index in [-0.39, 0.29) is 60.1 Å². The van der Waals surface area contributed by atoms with Crippen molar-refractivity contribution in [3.63, 3.8) is 0 Å². The molecule has 0 fully saturated rings. The molecule has 4 rings (SSSR count). The average Bonchev–Trinajstić information content (AvgIpc) is 3.09. The van der Waals surface area contributed by atoms with Gasteiger partial charge >= 0.3 is 0 Å². The van der Waals surface area contributed by atoms with E-state index >= 15 is 0 Å². The number of benzene rings is 1. The number of hydrogen-bond donors (Lipinski definition) is 2. The molecule has 0 aliphatic rings. The van der Waals surface area contributed by atoms with Crippen LogP contribution in [0.1, 0.15) is 41.0 Å². The number of halogens is 1. The van der Waals surface area contributed by atoms with Crippen molar-refractivity contribution in [2.45, 2.75) is 33.7 Å². The van der Waals surface area contributed by atoms with E-state index in [4.69, 9.17) is 21.8 Å². The average molecular weight is 629 g/mol. The Labute approximate surface area is 232 Å². The Morgan fingerprint density at radius 3 is 2.56 bits per heavy atom. The number of amidine groups is 1. The van der Waals surface area contributed by atoms with E-state index < -0.39 is 5.84 Å². The van der Waals surface area contributed by atoms with E-state index in [1.54, 1.807) is 23.7 Å². The summed E-state index contributed by atoms with van der Waals surface area (Å²) in [6.07, 6.45) is 0. The van der Waals surface area contributed by atoms with Gasteiger partial charge in [0.15, 0.2) is 11.2 Å². The van der Waals surface area contributed by atoms with Crippen LogP contribution in [0.5, 0.6) is 0 Å². The summed E-state index contributed by atoms with van der Waals surface area (Å²) in [5, 5.41) is 18.2. The topological polar surface area (TPSA) is 121 Å². The van der Waals surface area contributed by atoms with Crippen LogP contribution >= 0.6 is 11.6 Å². The zero-order valence-electron chi connectivity index (χ0n) is 19.3. The molecule has 3 N–H and O–H groups in total. The number of nitrogens with one attached hydrogen (secondary N) is 1. The van der Waals surface area contributed by atoms with E-state index in [2.05, 4.69) is 15.4 Å². The molecule has 1 aromatic carbocycles. The predicted octanol–water partition coefficient (Wildman–Crippen LogP) is 4.61. The van der Waals surface area contributed by atoms with Gasteiger partial charge in [-0.25, -0.2) is 4.98 Å². The number of fused-ring (bicyclic) bond motifs is 1. The molecule has 0 amide bonds. The zero-order valence-corrected chi connectivity index (χ0v) is 22.0. The van der Waals surface area contributed by atoms with E-state index in [9.17, 15) is 10.2 Å². The summed E-state index contributed by atoms with van der Waals surface area (Å²) >= 11 is 5.96. The molecule has 0 spiro atoms. The van der Waals surface area contributed by atoms with Crippen molar-refractivity contribution in [3.8, 4) is 11.5 Å². The molecule has 4 aromatic rings. The summed E-state index contributed by atoms with van der Waals surface area (Å²) in [5.41, 5.74) is 10.4. The van der Waals surface area contributed by atoms with Gasteiger partial charge in [-0.05, 0) is 63.4 Å². The molecule has 1 atom stereocenters. The third kappa shape index (κ3) is 4.86. The normalized spacial score (nSPS) is 11.8. The van der Waals surface area contributed by atoms with Gasteiger partial charge in [-0.15, -0.1) is 0 Å². The second-order valence-corrected chi connectivity index (χ2v) is 8.58. The molecular weight excluding hydrogens is 605 g/mol. The maximum atomic E-state index is 13.3. The molecule has 3 aromatic heterocycles. The van der Waals surface area contributed by atoms with Crippen LogP contribution in [0.15, 0.2) is 39.5 Å². The summed E-state index contributed by atoms with van der Waals surface area (Å²) in [6.45, 7) is 7.50. The number of aryl methyl sites for hydroxylation is 3. The van der Waals surface area contributed by atoms with Crippen LogP contribution in [0.3, 0.4) is 0 Å². The molecule has 3 heterocycles. The number of aromatic nitrogens is 3. The monoisotopic (exact) mass is 628 g/mol. The van der Waals surface area contributed by atoms with Crippen molar-refractivity contribution < 1.29 is 42.2 Å². The number of anilines is 1. The van der Waals surface area contributed by atoms with Gasteiger partial charge in [-0.3, -0.25) is 9.48 Å². The van der Waals surface area contributed by atoms with Crippen LogP contribution in [-0.2, 0) is 7.05 Å². The Bertz CT molecular complexity index is 1480. The summed E-state index contributed by atoms with van der Waals surface area (Å²) in [4.78, 5) is 17.4. The van der Waals surface area contributed by atoms with Gasteiger partial charge in [-0.1, -0.05) is 17.7 Å². The van der Waals surface area contributed by atoms with Crippen molar-refractivity contribution in [1.29, 1.82) is 0 Å². The third-order valence-electron chi connectivity index (χ3n) is 5.57. The standard InChI is InChI=1S/C24H24ClN6O2.Ho/c1-11-8-15(14(4)28-17-6-7-19(25)29-20(17)24(26)27)23-16(9-11)21(32)13(3)22(33-23)18-10-12(2)30-31(18)5;/h6-10,14H,1-5H3,(H3-,26,27,28);/q-1;/t14-;/m1./s1. The molecule has 8 nitrogen and oxygen atoms in total. The Hall–Kier alpha value is -2.39. The SMILES string of the molecule is Cc1cc([C@@H](C)Nc2ccc(Cl)nc2C(=[N-])N)c2oc(-c3cc(C)nn3C)c(C)c(=O)c2c1.[Ho]. The largest absolute Gasteiger partial charge is 0.493 e. The second-order valence-electron chi connectivity index (χ2n) is 8.19. The Kier molecular flexibility index (Phi) is 7.77. The van der Waals surface area contributed by atoms with Crippen LogP contribution in [0, 0.1) is 58.5 Å². The minimum atomic E-state index is -0.447. The molecule has 10 heteroatoms. The molecule has 0 saturated heterocycles. The zero-order chi connectivity index (χ0) is 24.0. The Morgan fingerprint density at radius 2 is 1.94 bits per heavy atom. The fourth-order valence-corrected chi connectivity index (χ4v) is 4.16. The number of hydrogen-bond acceptors (Lipinski definition) is 5. The van der Waals surface area contributed by atoms with Gasteiger partial charge in [-0.2, -0.15) is 5.10 Å². The second kappa shape index (κ2) is 10.1. The molecule has 0 aliphatic carbocycles. The van der Waals surface area contributed by atoms with Gasteiger partial charge in [0.25, 0.3) is 0 Å². The number of pyridine rings is 1. The molecule has 1 radical (unpaired) electrons. The number of nitrogens with two attached hydrogens (primary N) is 1. The Balaban J connectivity index is 0.00000324. The van der Waals surface area contributed by atoms with E-state index in [1.807, 2.05) is 46.0 Å². The van der Waals surface area contributed by atoms with Crippen molar-refractivity contribution in [2.24, 2.45) is 12.8 Å². The Morgan fingerprint density at radius 1 is 1.24 bits per heavy atom. The van der Waals surface area contributed by atoms with Crippen LogP contribution in [0.2, 0.25) is 5.15 Å². The van der Waals surface area contributed by atoms with Crippen LogP contribution in [0.25, 0.3) is 27.8 Å². The minimum Gasteiger partial charge on any atom is -0.493 e. The quantitative estimate of drug-likeness (QED) is 0.144. The molecule has 0 bridgehead atoms. The molecule has 34 heavy (non-hydrogen) atoms. The van der Waals surface area contributed by atoms with Gasteiger partial charge in [0.2, 0.25) is 0 Å². The number of nitrogens with zero attached hydrogens (tertiary/aromatic N) is 4. The first kappa shape index (κ1) is 26.2. The fraction of sp³-hybridized carbons (Fsp3) is 0.250. The first-order valence-electron chi connectivity index (χ1n) is 10.4. The van der Waals surface area contributed by atoms with Crippen molar-refractivity contribution >= 4 is 34.1 Å². The molecule has 0 aliphatic heterocycles. The molecular formula is C24H24ClHoN6O2-. The molecule has 0 saturated carbocycles. The fourth-order valence-electron chi connectivity index (χ4n) is 4.01. The summed E-state index contributed by atoms with van der Waals surface area (Å²) in [5.74, 6) is 0.0343. The summed E-state index contributed by atoms with van der Waals surface area (Å²) in [7, 11) is 1.82. The summed E-state index contributed by atoms with van der Waals surface area (Å²) in [6, 6.07) is 8.65. The van der Waals surface area contributed by atoms with Crippen LogP contribution in [-0.4, -0.2) is 20.6 Å². The van der Waals surface area contributed by atoms with E-state index in [1.165, 1.54) is 0 Å². The third-order valence-corrected chi connectivity index (χ3v) is 5.78. The van der Waals surface area contributed by atoms with Crippen molar-refractivity contribution in [3.05, 3.63) is 79.2 Å². The minimum absolute atomic E-state index is 0. The smallest absolute Gasteiger partial charge is 0.196 e. The maximum absolute atomic E-state index is 13.3. The van der Waals surface area contributed by atoms with Gasteiger partial charge < -0.3 is 20.9 Å². The van der Waals surface area contributed by atoms with Crippen LogP contribution in [0.4, 0.5) is 5.69 Å². The van der Waals surface area contributed by atoms with Gasteiger partial charge in [0, 0.05) is 55.9 Å². The predicted molar refractivity (Wildman–Crippen MR) is 132 cm³/mol. The van der Waals surface area contributed by atoms with Crippen molar-refractivity contribution in [1.82, 2.24) is 14.8 Å². The first-order chi connectivity index (χ1) is 15.6. The first-order valence-corrected chi connectivity index (χ1v) is 10.8. The molecule has 0 unspecified atom stereocenters. The van der Waals surface area contributed by atoms with Crippen LogP contribution < -0.4 is 16.5 Å².